The summed E-state index contributed by atoms with van der Waals surface area (Å²) in [5.41, 5.74) is -0.487. The van der Waals surface area contributed by atoms with Crippen molar-refractivity contribution >= 4 is 0 Å². The normalized spacial score (nSPS) is 12.7. The van der Waals surface area contributed by atoms with Crippen molar-refractivity contribution < 1.29 is 4.74 Å². The first kappa shape index (κ1) is 10.4. The first-order valence-corrected chi connectivity index (χ1v) is 3.79. The fraction of sp³-hybridized carbons (Fsp3) is 0.889. The fourth-order valence-corrected chi connectivity index (χ4v) is 1.18. The quantitative estimate of drug-likeness (QED) is 0.626. The monoisotopic (exact) mass is 155 g/mol. The highest BCUT2D eigenvalue weighted by molar-refractivity contribution is 4.95. The van der Waals surface area contributed by atoms with Crippen LogP contribution in [0.3, 0.4) is 0 Å². The Bertz CT molecular complexity index is 165. The predicted molar refractivity (Wildman–Crippen MR) is 45.1 cm³/mol. The molecular weight excluding hydrogens is 138 g/mol. The minimum atomic E-state index is -0.292. The molecule has 0 saturated heterocycles. The van der Waals surface area contributed by atoms with Crippen molar-refractivity contribution in [3.8, 4) is 6.07 Å². The highest BCUT2D eigenvalue weighted by Crippen LogP contribution is 2.28. The maximum absolute atomic E-state index is 8.75. The van der Waals surface area contributed by atoms with E-state index in [2.05, 4.69) is 6.07 Å². The molecule has 0 fully saturated rings. The summed E-state index contributed by atoms with van der Waals surface area (Å²) in [6.07, 6.45) is 0.757. The van der Waals surface area contributed by atoms with Crippen LogP contribution in [-0.4, -0.2) is 12.7 Å². The number of hydrogen-bond acceptors (Lipinski definition) is 2. The van der Waals surface area contributed by atoms with Gasteiger partial charge in [-0.15, -0.1) is 0 Å². The zero-order chi connectivity index (χ0) is 9.12. The van der Waals surface area contributed by atoms with E-state index in [0.717, 1.165) is 6.42 Å². The van der Waals surface area contributed by atoms with Crippen LogP contribution in [0.25, 0.3) is 0 Å². The van der Waals surface area contributed by atoms with Crippen LogP contribution in [0, 0.1) is 16.7 Å². The molecule has 11 heavy (non-hydrogen) atoms. The minimum absolute atomic E-state index is 0.195. The molecule has 0 bridgehead atoms. The van der Waals surface area contributed by atoms with Gasteiger partial charge in [-0.05, 0) is 34.1 Å². The lowest BCUT2D eigenvalue weighted by Gasteiger charge is -2.29. The molecule has 0 aliphatic heterocycles. The second-order valence-electron chi connectivity index (χ2n) is 4.14. The molecule has 0 amide bonds. The Morgan fingerprint density at radius 2 is 1.73 bits per heavy atom. The largest absolute Gasteiger partial charge is 0.379 e. The van der Waals surface area contributed by atoms with E-state index in [1.54, 1.807) is 7.11 Å². The molecule has 0 atom stereocenters. The van der Waals surface area contributed by atoms with Gasteiger partial charge in [-0.25, -0.2) is 0 Å². The summed E-state index contributed by atoms with van der Waals surface area (Å²) in [5.74, 6) is 0. The summed E-state index contributed by atoms with van der Waals surface area (Å²) in [6, 6.07) is 2.25. The summed E-state index contributed by atoms with van der Waals surface area (Å²) >= 11 is 0. The fourth-order valence-electron chi connectivity index (χ4n) is 1.18. The van der Waals surface area contributed by atoms with Crippen molar-refractivity contribution in [2.75, 3.05) is 7.11 Å². The van der Waals surface area contributed by atoms with Crippen LogP contribution >= 0.6 is 0 Å². The van der Waals surface area contributed by atoms with Gasteiger partial charge >= 0.3 is 0 Å². The average molecular weight is 155 g/mol. The first-order valence-electron chi connectivity index (χ1n) is 3.79. The van der Waals surface area contributed by atoms with Crippen LogP contribution in [0.15, 0.2) is 0 Å². The molecular formula is C9H17NO. The zero-order valence-corrected chi connectivity index (χ0v) is 8.06. The lowest BCUT2D eigenvalue weighted by Crippen LogP contribution is -2.29. The summed E-state index contributed by atoms with van der Waals surface area (Å²) < 4.78 is 5.22. The van der Waals surface area contributed by atoms with Crippen LogP contribution in [0.1, 0.15) is 34.1 Å². The van der Waals surface area contributed by atoms with Gasteiger partial charge in [-0.1, -0.05) is 0 Å². The first-order chi connectivity index (χ1) is 4.83. The lowest BCUT2D eigenvalue weighted by molar-refractivity contribution is -0.00335. The van der Waals surface area contributed by atoms with Crippen LogP contribution in [0.4, 0.5) is 0 Å². The van der Waals surface area contributed by atoms with Crippen LogP contribution < -0.4 is 0 Å². The number of ether oxygens (including phenoxy) is 1. The van der Waals surface area contributed by atoms with Gasteiger partial charge in [0.05, 0.1) is 17.1 Å². The van der Waals surface area contributed by atoms with Gasteiger partial charge < -0.3 is 4.74 Å². The van der Waals surface area contributed by atoms with Crippen LogP contribution in [0.2, 0.25) is 0 Å². The summed E-state index contributed by atoms with van der Waals surface area (Å²) in [7, 11) is 1.67. The SMILES string of the molecule is COC(C)(C)CC(C)(C)C#N. The topological polar surface area (TPSA) is 33.0 Å². The smallest absolute Gasteiger partial charge is 0.0685 e. The second-order valence-corrected chi connectivity index (χ2v) is 4.14. The van der Waals surface area contributed by atoms with E-state index in [9.17, 15) is 0 Å². The van der Waals surface area contributed by atoms with Gasteiger partial charge in [0.2, 0.25) is 0 Å². The number of nitrogens with zero attached hydrogens (tertiary/aromatic N) is 1. The standard InChI is InChI=1S/C9H17NO/c1-8(2,7-10)6-9(3,4)11-5/h6H2,1-5H3. The number of rotatable bonds is 3. The predicted octanol–water partition coefficient (Wildman–Crippen LogP) is 2.35. The van der Waals surface area contributed by atoms with Crippen molar-refractivity contribution in [3.63, 3.8) is 0 Å². The van der Waals surface area contributed by atoms with Crippen molar-refractivity contribution in [2.45, 2.75) is 39.7 Å². The average Bonchev–Trinajstić information content (AvgIpc) is 1.86. The number of nitriles is 1. The van der Waals surface area contributed by atoms with E-state index >= 15 is 0 Å². The van der Waals surface area contributed by atoms with E-state index in [-0.39, 0.29) is 11.0 Å². The van der Waals surface area contributed by atoms with Gasteiger partial charge in [0.1, 0.15) is 0 Å². The van der Waals surface area contributed by atoms with Crippen molar-refractivity contribution in [2.24, 2.45) is 5.41 Å². The Morgan fingerprint density at radius 1 is 1.27 bits per heavy atom. The molecule has 0 spiro atoms. The van der Waals surface area contributed by atoms with Crippen molar-refractivity contribution in [1.82, 2.24) is 0 Å². The molecule has 0 aromatic carbocycles. The maximum Gasteiger partial charge on any atom is 0.0685 e. The van der Waals surface area contributed by atoms with Crippen molar-refractivity contribution in [1.29, 1.82) is 5.26 Å². The molecule has 0 aromatic heterocycles. The Labute approximate surface area is 69.2 Å². The molecule has 0 aliphatic carbocycles. The third-order valence-electron chi connectivity index (χ3n) is 1.72. The molecule has 0 aliphatic rings. The van der Waals surface area contributed by atoms with E-state index in [1.807, 2.05) is 27.7 Å². The Morgan fingerprint density at radius 3 is 2.00 bits per heavy atom. The molecule has 0 saturated carbocycles. The highest BCUT2D eigenvalue weighted by atomic mass is 16.5. The van der Waals surface area contributed by atoms with E-state index < -0.39 is 0 Å². The Balaban J connectivity index is 4.16. The highest BCUT2D eigenvalue weighted by Gasteiger charge is 2.28. The molecule has 0 rings (SSSR count). The molecule has 2 nitrogen and oxygen atoms in total. The van der Waals surface area contributed by atoms with Crippen molar-refractivity contribution in [3.05, 3.63) is 0 Å². The maximum atomic E-state index is 8.75. The molecule has 64 valence electrons. The van der Waals surface area contributed by atoms with E-state index in [1.165, 1.54) is 0 Å². The van der Waals surface area contributed by atoms with Crippen LogP contribution in [-0.2, 0) is 4.74 Å². The molecule has 0 heterocycles. The molecule has 0 radical (unpaired) electrons. The Hall–Kier alpha value is -0.550. The third-order valence-corrected chi connectivity index (χ3v) is 1.72. The lowest BCUT2D eigenvalue weighted by atomic mass is 9.83. The van der Waals surface area contributed by atoms with E-state index in [4.69, 9.17) is 10.00 Å². The summed E-state index contributed by atoms with van der Waals surface area (Å²) in [4.78, 5) is 0. The minimum Gasteiger partial charge on any atom is -0.379 e. The number of methoxy groups -OCH3 is 1. The zero-order valence-electron chi connectivity index (χ0n) is 8.06. The van der Waals surface area contributed by atoms with Gasteiger partial charge in [0.25, 0.3) is 0 Å². The van der Waals surface area contributed by atoms with Gasteiger partial charge in [0, 0.05) is 7.11 Å². The Kier molecular flexibility index (Phi) is 3.07. The number of hydrogen-bond donors (Lipinski definition) is 0. The van der Waals surface area contributed by atoms with E-state index in [0.29, 0.717) is 0 Å². The summed E-state index contributed by atoms with van der Waals surface area (Å²) in [5, 5.41) is 8.75. The molecule has 0 N–H and O–H groups in total. The van der Waals surface area contributed by atoms with Crippen LogP contribution in [0.5, 0.6) is 0 Å². The summed E-state index contributed by atoms with van der Waals surface area (Å²) in [6.45, 7) is 7.83. The molecule has 0 unspecified atom stereocenters. The molecule has 2 heteroatoms. The van der Waals surface area contributed by atoms with Gasteiger partial charge in [-0.3, -0.25) is 0 Å². The van der Waals surface area contributed by atoms with Gasteiger partial charge in [-0.2, -0.15) is 5.26 Å². The van der Waals surface area contributed by atoms with Gasteiger partial charge in [0.15, 0.2) is 0 Å². The second kappa shape index (κ2) is 3.23. The molecule has 0 aromatic rings. The third kappa shape index (κ3) is 4.00.